The quantitative estimate of drug-likeness (QED) is 0.735. The number of aryl methyl sites for hydroxylation is 1. The fourth-order valence-corrected chi connectivity index (χ4v) is 3.90. The molecule has 23 heavy (non-hydrogen) atoms. The number of aromatic nitrogens is 1. The van der Waals surface area contributed by atoms with E-state index in [0.717, 1.165) is 16.6 Å². The number of nitrogens with zero attached hydrogens (tertiary/aromatic N) is 1. The number of phenols is 1. The van der Waals surface area contributed by atoms with Crippen LogP contribution in [0.2, 0.25) is 5.02 Å². The van der Waals surface area contributed by atoms with E-state index in [4.69, 9.17) is 11.6 Å². The van der Waals surface area contributed by atoms with Crippen molar-refractivity contribution >= 4 is 39.8 Å². The van der Waals surface area contributed by atoms with Gasteiger partial charge in [0.15, 0.2) is 0 Å². The summed E-state index contributed by atoms with van der Waals surface area (Å²) in [4.78, 5) is 13.6. The molecule has 0 saturated carbocycles. The number of rotatable bonds is 4. The number of benzene rings is 1. The maximum absolute atomic E-state index is 11.2. The number of hydrogen-bond donors (Lipinski definition) is 2. The number of aliphatic carboxylic acids is 1. The van der Waals surface area contributed by atoms with Crippen molar-refractivity contribution in [1.82, 2.24) is 4.57 Å². The van der Waals surface area contributed by atoms with Crippen molar-refractivity contribution in [1.29, 1.82) is 0 Å². The van der Waals surface area contributed by atoms with Gasteiger partial charge in [0.25, 0.3) is 0 Å². The van der Waals surface area contributed by atoms with Gasteiger partial charge >= 0.3 is 5.97 Å². The Labute approximate surface area is 142 Å². The molecule has 0 fully saturated rings. The van der Waals surface area contributed by atoms with Gasteiger partial charge in [-0.1, -0.05) is 11.6 Å². The van der Waals surface area contributed by atoms with Crippen LogP contribution in [0.3, 0.4) is 0 Å². The molecule has 3 aromatic rings. The average Bonchev–Trinajstić information content (AvgIpc) is 2.98. The first-order valence-electron chi connectivity index (χ1n) is 7.14. The second-order valence-electron chi connectivity index (χ2n) is 5.55. The maximum Gasteiger partial charge on any atom is 0.307 e. The van der Waals surface area contributed by atoms with Crippen molar-refractivity contribution < 1.29 is 15.0 Å². The molecule has 0 radical (unpaired) electrons. The molecular formula is C17H16ClNO3S. The van der Waals surface area contributed by atoms with Crippen LogP contribution in [0.5, 0.6) is 5.75 Å². The Morgan fingerprint density at radius 3 is 2.65 bits per heavy atom. The Kier molecular flexibility index (Phi) is 4.08. The molecular weight excluding hydrogens is 334 g/mol. The molecule has 2 aromatic heterocycles. The molecule has 1 aromatic carbocycles. The zero-order valence-corrected chi connectivity index (χ0v) is 14.3. The van der Waals surface area contributed by atoms with Crippen molar-refractivity contribution in [2.75, 3.05) is 0 Å². The molecule has 0 amide bonds. The van der Waals surface area contributed by atoms with Gasteiger partial charge in [0.2, 0.25) is 0 Å². The third kappa shape index (κ3) is 2.94. The third-order valence-corrected chi connectivity index (χ3v) is 5.25. The van der Waals surface area contributed by atoms with Gasteiger partial charge in [-0.15, -0.1) is 11.3 Å². The zero-order chi connectivity index (χ0) is 16.7. The Hall–Kier alpha value is -1.98. The topological polar surface area (TPSA) is 62.5 Å². The SMILES string of the molecule is Cc1ccc(Cn2c(C)c(CC(=O)O)c3cc(O)c(Cl)cc32)s1. The fourth-order valence-electron chi connectivity index (χ4n) is 2.86. The summed E-state index contributed by atoms with van der Waals surface area (Å²) >= 11 is 7.77. The maximum atomic E-state index is 11.2. The van der Waals surface area contributed by atoms with Crippen LogP contribution in [0.15, 0.2) is 24.3 Å². The minimum atomic E-state index is -0.895. The lowest BCUT2D eigenvalue weighted by atomic mass is 10.1. The van der Waals surface area contributed by atoms with E-state index in [1.807, 2.05) is 6.92 Å². The second-order valence-corrected chi connectivity index (χ2v) is 7.33. The summed E-state index contributed by atoms with van der Waals surface area (Å²) in [7, 11) is 0. The van der Waals surface area contributed by atoms with Gasteiger partial charge in [-0.25, -0.2) is 0 Å². The van der Waals surface area contributed by atoms with Crippen LogP contribution in [0.1, 0.15) is 21.0 Å². The second kappa shape index (κ2) is 5.91. The Bertz CT molecular complexity index is 910. The Morgan fingerprint density at radius 1 is 1.30 bits per heavy atom. The molecule has 0 aliphatic heterocycles. The molecule has 120 valence electrons. The largest absolute Gasteiger partial charge is 0.506 e. The number of carboxylic acids is 1. The first-order valence-corrected chi connectivity index (χ1v) is 8.33. The summed E-state index contributed by atoms with van der Waals surface area (Å²) in [5, 5.41) is 20.1. The fraction of sp³-hybridized carbons (Fsp3) is 0.235. The predicted molar refractivity (Wildman–Crippen MR) is 92.8 cm³/mol. The molecule has 4 nitrogen and oxygen atoms in total. The van der Waals surface area contributed by atoms with Gasteiger partial charge in [-0.2, -0.15) is 0 Å². The summed E-state index contributed by atoms with van der Waals surface area (Å²) in [6.07, 6.45) is -0.0835. The summed E-state index contributed by atoms with van der Waals surface area (Å²) in [6, 6.07) is 7.40. The Balaban J connectivity index is 2.21. The molecule has 2 heterocycles. The van der Waals surface area contributed by atoms with Gasteiger partial charge in [0.1, 0.15) is 5.75 Å². The molecule has 6 heteroatoms. The smallest absolute Gasteiger partial charge is 0.307 e. The first-order chi connectivity index (χ1) is 10.9. The minimum absolute atomic E-state index is 0.0325. The molecule has 0 aliphatic rings. The van der Waals surface area contributed by atoms with Crippen LogP contribution in [0, 0.1) is 13.8 Å². The van der Waals surface area contributed by atoms with Crippen molar-refractivity contribution in [2.45, 2.75) is 26.8 Å². The van der Waals surface area contributed by atoms with Crippen LogP contribution < -0.4 is 0 Å². The summed E-state index contributed by atoms with van der Waals surface area (Å²) in [5.41, 5.74) is 2.44. The van der Waals surface area contributed by atoms with Gasteiger partial charge in [-0.05, 0) is 43.7 Å². The lowest BCUT2D eigenvalue weighted by Crippen LogP contribution is -2.04. The highest BCUT2D eigenvalue weighted by atomic mass is 35.5. The molecule has 0 spiro atoms. The van der Waals surface area contributed by atoms with Crippen molar-refractivity contribution in [3.8, 4) is 5.75 Å². The van der Waals surface area contributed by atoms with E-state index in [2.05, 4.69) is 23.6 Å². The van der Waals surface area contributed by atoms with Crippen molar-refractivity contribution in [3.05, 3.63) is 50.3 Å². The van der Waals surface area contributed by atoms with E-state index in [-0.39, 0.29) is 17.2 Å². The lowest BCUT2D eigenvalue weighted by molar-refractivity contribution is -0.136. The normalized spacial score (nSPS) is 11.3. The molecule has 0 atom stereocenters. The van der Waals surface area contributed by atoms with Gasteiger partial charge in [0.05, 0.1) is 23.5 Å². The van der Waals surface area contributed by atoms with E-state index in [0.29, 0.717) is 12.1 Å². The van der Waals surface area contributed by atoms with Crippen LogP contribution in [0.4, 0.5) is 0 Å². The summed E-state index contributed by atoms with van der Waals surface area (Å²) in [6.45, 7) is 4.62. The van der Waals surface area contributed by atoms with E-state index in [1.54, 1.807) is 23.5 Å². The first kappa shape index (κ1) is 15.9. The molecule has 3 rings (SSSR count). The number of hydrogen-bond acceptors (Lipinski definition) is 3. The number of halogens is 1. The number of fused-ring (bicyclic) bond motifs is 1. The van der Waals surface area contributed by atoms with Gasteiger partial charge in [0, 0.05) is 20.8 Å². The highest BCUT2D eigenvalue weighted by Gasteiger charge is 2.18. The number of phenolic OH excluding ortho intramolecular Hbond substituents is 1. The van der Waals surface area contributed by atoms with Gasteiger partial charge in [-0.3, -0.25) is 4.79 Å². The molecule has 0 aliphatic carbocycles. The van der Waals surface area contributed by atoms with Crippen molar-refractivity contribution in [2.24, 2.45) is 0 Å². The van der Waals surface area contributed by atoms with E-state index >= 15 is 0 Å². The molecule has 0 unspecified atom stereocenters. The van der Waals surface area contributed by atoms with Gasteiger partial charge < -0.3 is 14.8 Å². The van der Waals surface area contributed by atoms with E-state index < -0.39 is 5.97 Å². The van der Waals surface area contributed by atoms with Crippen LogP contribution >= 0.6 is 22.9 Å². The minimum Gasteiger partial charge on any atom is -0.506 e. The number of carbonyl (C=O) groups is 1. The average molecular weight is 350 g/mol. The van der Waals surface area contributed by atoms with Crippen LogP contribution in [-0.2, 0) is 17.8 Å². The van der Waals surface area contributed by atoms with Crippen LogP contribution in [-0.4, -0.2) is 20.7 Å². The molecule has 0 saturated heterocycles. The zero-order valence-electron chi connectivity index (χ0n) is 12.8. The third-order valence-electron chi connectivity index (χ3n) is 3.96. The number of carboxylic acid groups (broad SMARTS) is 1. The predicted octanol–water partition coefficient (Wildman–Crippen LogP) is 4.35. The molecule has 0 bridgehead atoms. The van der Waals surface area contributed by atoms with Crippen molar-refractivity contribution in [3.63, 3.8) is 0 Å². The summed E-state index contributed by atoms with van der Waals surface area (Å²) < 4.78 is 2.06. The standard InChI is InChI=1S/C17H16ClNO3S/c1-9-3-4-11(23-9)8-19-10(2)12(6-17(21)22)13-5-16(20)14(18)7-15(13)19/h3-5,7,20H,6,8H2,1-2H3,(H,21,22). The lowest BCUT2D eigenvalue weighted by Gasteiger charge is -2.07. The highest BCUT2D eigenvalue weighted by Crippen LogP contribution is 2.35. The Morgan fingerprint density at radius 2 is 2.04 bits per heavy atom. The van der Waals surface area contributed by atoms with Crippen LogP contribution in [0.25, 0.3) is 10.9 Å². The number of thiophene rings is 1. The van der Waals surface area contributed by atoms with E-state index in [1.165, 1.54) is 9.75 Å². The summed E-state index contributed by atoms with van der Waals surface area (Å²) in [5.74, 6) is -0.927. The monoisotopic (exact) mass is 349 g/mol. The highest BCUT2D eigenvalue weighted by molar-refractivity contribution is 7.11. The molecule has 2 N–H and O–H groups in total. The number of aromatic hydroxyl groups is 1. The van der Waals surface area contributed by atoms with E-state index in [9.17, 15) is 15.0 Å².